The van der Waals surface area contributed by atoms with Gasteiger partial charge in [0.15, 0.2) is 0 Å². The second-order valence-corrected chi connectivity index (χ2v) is 12.3. The summed E-state index contributed by atoms with van der Waals surface area (Å²) >= 11 is 0. The largest absolute Gasteiger partial charge is 0.462 e. The molecular formula is C38H53NO2. The van der Waals surface area contributed by atoms with Crippen molar-refractivity contribution in [2.24, 2.45) is 5.92 Å². The fourth-order valence-corrected chi connectivity index (χ4v) is 6.37. The average Bonchev–Trinajstić information content (AvgIpc) is 3.00. The minimum atomic E-state index is -0.178. The third-order valence-electron chi connectivity index (χ3n) is 8.99. The Balaban J connectivity index is 1.18. The van der Waals surface area contributed by atoms with Crippen molar-refractivity contribution < 1.29 is 9.53 Å². The highest BCUT2D eigenvalue weighted by atomic mass is 16.5. The number of hydrogen-bond donors (Lipinski definition) is 0. The van der Waals surface area contributed by atoms with Crippen molar-refractivity contribution in [2.75, 3.05) is 24.6 Å². The van der Waals surface area contributed by atoms with Gasteiger partial charge >= 0.3 is 5.97 Å². The molecule has 222 valence electrons. The third kappa shape index (κ3) is 9.90. The van der Waals surface area contributed by atoms with Gasteiger partial charge in [0.2, 0.25) is 0 Å². The number of rotatable bonds is 17. The molecular weight excluding hydrogens is 502 g/mol. The van der Waals surface area contributed by atoms with E-state index >= 15 is 0 Å². The summed E-state index contributed by atoms with van der Waals surface area (Å²) in [7, 11) is 0. The lowest BCUT2D eigenvalue weighted by molar-refractivity contribution is 0.0500. The van der Waals surface area contributed by atoms with E-state index in [1.807, 2.05) is 12.1 Å². The Labute approximate surface area is 249 Å². The summed E-state index contributed by atoms with van der Waals surface area (Å²) in [5, 5.41) is 2.23. The van der Waals surface area contributed by atoms with Gasteiger partial charge in [-0.05, 0) is 73.1 Å². The van der Waals surface area contributed by atoms with Crippen LogP contribution in [0.2, 0.25) is 0 Å². The predicted molar refractivity (Wildman–Crippen MR) is 175 cm³/mol. The summed E-state index contributed by atoms with van der Waals surface area (Å²) in [5.41, 5.74) is 4.71. The van der Waals surface area contributed by atoms with Gasteiger partial charge in [-0.3, -0.25) is 0 Å². The van der Waals surface area contributed by atoms with Crippen LogP contribution >= 0.6 is 0 Å². The molecule has 1 heterocycles. The molecule has 1 aliphatic heterocycles. The van der Waals surface area contributed by atoms with Gasteiger partial charge in [0.05, 0.1) is 12.2 Å². The number of hydrogen-bond acceptors (Lipinski definition) is 3. The number of benzene rings is 3. The lowest BCUT2D eigenvalue weighted by Crippen LogP contribution is -2.34. The third-order valence-corrected chi connectivity index (χ3v) is 8.99. The summed E-state index contributed by atoms with van der Waals surface area (Å²) in [4.78, 5) is 15.5. The quantitative estimate of drug-likeness (QED) is 0.123. The molecule has 0 aliphatic carbocycles. The van der Waals surface area contributed by atoms with Crippen molar-refractivity contribution in [1.29, 1.82) is 0 Å². The number of anilines is 1. The number of carbonyl (C=O) groups is 1. The number of piperidine rings is 1. The van der Waals surface area contributed by atoms with E-state index in [1.165, 1.54) is 99.3 Å². The second kappa shape index (κ2) is 17.2. The Morgan fingerprint density at radius 2 is 1.32 bits per heavy atom. The molecule has 4 rings (SSSR count). The maximum atomic E-state index is 13.0. The second-order valence-electron chi connectivity index (χ2n) is 12.3. The van der Waals surface area contributed by atoms with Crippen LogP contribution in [0, 0.1) is 12.8 Å². The molecule has 1 aliphatic rings. The number of fused-ring (bicyclic) bond motifs is 1. The lowest BCUT2D eigenvalue weighted by atomic mass is 9.87. The topological polar surface area (TPSA) is 29.5 Å². The van der Waals surface area contributed by atoms with E-state index in [1.54, 1.807) is 0 Å². The van der Waals surface area contributed by atoms with Gasteiger partial charge in [-0.2, -0.15) is 0 Å². The molecule has 3 aromatic rings. The van der Waals surface area contributed by atoms with Crippen molar-refractivity contribution in [2.45, 2.75) is 110 Å². The van der Waals surface area contributed by atoms with Crippen LogP contribution < -0.4 is 4.90 Å². The summed E-state index contributed by atoms with van der Waals surface area (Å²) < 4.78 is 5.73. The van der Waals surface area contributed by atoms with E-state index in [2.05, 4.69) is 67.3 Å². The molecule has 41 heavy (non-hydrogen) atoms. The fourth-order valence-electron chi connectivity index (χ4n) is 6.37. The zero-order valence-electron chi connectivity index (χ0n) is 25.8. The van der Waals surface area contributed by atoms with E-state index in [0.29, 0.717) is 18.1 Å². The molecule has 0 saturated carbocycles. The monoisotopic (exact) mass is 555 g/mol. The molecule has 0 unspecified atom stereocenters. The molecule has 3 aromatic carbocycles. The Morgan fingerprint density at radius 1 is 0.732 bits per heavy atom. The zero-order valence-corrected chi connectivity index (χ0v) is 25.8. The normalized spacial score (nSPS) is 14.0. The molecule has 0 radical (unpaired) electrons. The maximum Gasteiger partial charge on any atom is 0.338 e. The van der Waals surface area contributed by atoms with Crippen LogP contribution in [-0.4, -0.2) is 25.7 Å². The molecule has 0 atom stereocenters. The van der Waals surface area contributed by atoms with Crippen molar-refractivity contribution >= 4 is 22.4 Å². The highest BCUT2D eigenvalue weighted by Gasteiger charge is 2.21. The molecule has 3 heteroatoms. The van der Waals surface area contributed by atoms with Gasteiger partial charge in [0, 0.05) is 18.8 Å². The minimum absolute atomic E-state index is 0.178. The van der Waals surface area contributed by atoms with E-state index in [-0.39, 0.29) is 5.97 Å². The van der Waals surface area contributed by atoms with Crippen LogP contribution in [0.5, 0.6) is 0 Å². The first-order valence-electron chi connectivity index (χ1n) is 16.6. The minimum Gasteiger partial charge on any atom is -0.462 e. The highest BCUT2D eigenvalue weighted by molar-refractivity contribution is 6.05. The lowest BCUT2D eigenvalue weighted by Gasteiger charge is -2.34. The van der Waals surface area contributed by atoms with Crippen molar-refractivity contribution in [3.05, 3.63) is 77.4 Å². The van der Waals surface area contributed by atoms with Crippen LogP contribution in [0.1, 0.15) is 118 Å². The number of nitrogens with zero attached hydrogens (tertiary/aromatic N) is 1. The number of carbonyl (C=O) groups excluding carboxylic acids is 1. The standard InChI is InChI=1S/C38H53NO2/c1-3-4-5-6-7-8-9-10-11-12-13-16-29-41-38(40)37-24-21-33(35-17-14-15-18-36(35)37)30-32-25-27-39(28-26-32)34-22-19-31(2)20-23-34/h14-15,17-24,32H,3-13,16,25-30H2,1-2H3. The first-order chi connectivity index (χ1) is 20.2. The molecule has 0 aromatic heterocycles. The number of ether oxygens (including phenoxy) is 1. The van der Waals surface area contributed by atoms with Crippen LogP contribution in [0.4, 0.5) is 5.69 Å². The average molecular weight is 556 g/mol. The van der Waals surface area contributed by atoms with Crippen LogP contribution in [-0.2, 0) is 11.2 Å². The van der Waals surface area contributed by atoms with E-state index in [4.69, 9.17) is 4.74 Å². The first-order valence-corrected chi connectivity index (χ1v) is 16.6. The zero-order chi connectivity index (χ0) is 28.7. The van der Waals surface area contributed by atoms with Crippen molar-refractivity contribution in [3.63, 3.8) is 0 Å². The Morgan fingerprint density at radius 3 is 1.95 bits per heavy atom. The highest BCUT2D eigenvalue weighted by Crippen LogP contribution is 2.30. The molecule has 1 saturated heterocycles. The smallest absolute Gasteiger partial charge is 0.338 e. The number of unbranched alkanes of at least 4 members (excludes halogenated alkanes) is 11. The maximum absolute atomic E-state index is 13.0. The van der Waals surface area contributed by atoms with E-state index in [9.17, 15) is 4.79 Å². The van der Waals surface area contributed by atoms with Gasteiger partial charge < -0.3 is 9.64 Å². The SMILES string of the molecule is CCCCCCCCCCCCCCOC(=O)c1ccc(CC2CCN(c3ccc(C)cc3)CC2)c2ccccc12. The molecule has 0 amide bonds. The Kier molecular flexibility index (Phi) is 13.1. The van der Waals surface area contributed by atoms with Crippen LogP contribution in [0.25, 0.3) is 10.8 Å². The summed E-state index contributed by atoms with van der Waals surface area (Å²) in [6.45, 7) is 7.15. The van der Waals surface area contributed by atoms with Crippen LogP contribution in [0.3, 0.4) is 0 Å². The molecule has 0 N–H and O–H groups in total. The molecule has 1 fully saturated rings. The molecule has 3 nitrogen and oxygen atoms in total. The Hall–Kier alpha value is -2.81. The van der Waals surface area contributed by atoms with E-state index in [0.717, 1.165) is 37.7 Å². The number of aryl methyl sites for hydroxylation is 1. The number of esters is 1. The molecule has 0 spiro atoms. The van der Waals surface area contributed by atoms with Gasteiger partial charge in [-0.15, -0.1) is 0 Å². The van der Waals surface area contributed by atoms with Gasteiger partial charge in [-0.1, -0.05) is 126 Å². The fraction of sp³-hybridized carbons (Fsp3) is 0.553. The van der Waals surface area contributed by atoms with E-state index < -0.39 is 0 Å². The summed E-state index contributed by atoms with van der Waals surface area (Å²) in [6.07, 6.45) is 19.2. The van der Waals surface area contributed by atoms with Gasteiger partial charge in [0.25, 0.3) is 0 Å². The molecule has 0 bridgehead atoms. The predicted octanol–water partition coefficient (Wildman–Crippen LogP) is 10.5. The van der Waals surface area contributed by atoms with Crippen molar-refractivity contribution in [3.8, 4) is 0 Å². The van der Waals surface area contributed by atoms with Crippen molar-refractivity contribution in [1.82, 2.24) is 0 Å². The summed E-state index contributed by atoms with van der Waals surface area (Å²) in [5.74, 6) is 0.492. The first kappa shape index (κ1) is 31.1. The Bertz CT molecular complexity index is 1180. The summed E-state index contributed by atoms with van der Waals surface area (Å²) in [6, 6.07) is 21.5. The van der Waals surface area contributed by atoms with Crippen LogP contribution in [0.15, 0.2) is 60.7 Å². The van der Waals surface area contributed by atoms with Gasteiger partial charge in [-0.25, -0.2) is 4.79 Å². The van der Waals surface area contributed by atoms with Gasteiger partial charge in [0.1, 0.15) is 0 Å².